The first-order chi connectivity index (χ1) is 9.90. The summed E-state index contributed by atoms with van der Waals surface area (Å²) in [7, 11) is 0. The van der Waals surface area contributed by atoms with Crippen molar-refractivity contribution in [1.82, 2.24) is 0 Å². The first-order valence-electron chi connectivity index (χ1n) is 6.21. The first kappa shape index (κ1) is 15.2. The minimum absolute atomic E-state index is 0.0150. The minimum atomic E-state index is -0.463. The number of carbonyl (C=O) groups excluding carboxylic acids is 1. The molecule has 0 saturated carbocycles. The summed E-state index contributed by atoms with van der Waals surface area (Å²) in [4.78, 5) is 22.8. The van der Waals surface area contributed by atoms with Crippen LogP contribution in [0.4, 0.5) is 11.4 Å². The first-order valence-corrected chi connectivity index (χ1v) is 7.01. The van der Waals surface area contributed by atoms with Crippen LogP contribution in [0.2, 0.25) is 0 Å². The highest BCUT2D eigenvalue weighted by atomic mass is 79.9. The van der Waals surface area contributed by atoms with Crippen molar-refractivity contribution in [2.24, 2.45) is 0 Å². The number of anilines is 1. The van der Waals surface area contributed by atoms with Crippen LogP contribution in [0.1, 0.15) is 21.5 Å². The van der Waals surface area contributed by atoms with E-state index in [0.717, 1.165) is 10.0 Å². The van der Waals surface area contributed by atoms with Crippen LogP contribution in [0.3, 0.4) is 0 Å². The lowest BCUT2D eigenvalue weighted by Gasteiger charge is -2.10. The SMILES string of the molecule is Cc1ccc(Br)cc1C(=O)Nc1cccc([N+](=O)[O-])c1C. The zero-order valence-electron chi connectivity index (χ0n) is 11.5. The van der Waals surface area contributed by atoms with Gasteiger partial charge in [-0.2, -0.15) is 0 Å². The maximum atomic E-state index is 12.3. The molecule has 0 spiro atoms. The number of nitro groups is 1. The van der Waals surface area contributed by atoms with Gasteiger partial charge >= 0.3 is 0 Å². The fraction of sp³-hybridized carbons (Fsp3) is 0.133. The number of nitrogens with zero attached hydrogens (tertiary/aromatic N) is 1. The van der Waals surface area contributed by atoms with E-state index >= 15 is 0 Å². The van der Waals surface area contributed by atoms with Crippen LogP contribution in [0.15, 0.2) is 40.9 Å². The lowest BCUT2D eigenvalue weighted by Crippen LogP contribution is -2.14. The summed E-state index contributed by atoms with van der Waals surface area (Å²) in [6.45, 7) is 3.45. The summed E-state index contributed by atoms with van der Waals surface area (Å²) >= 11 is 3.33. The summed E-state index contributed by atoms with van der Waals surface area (Å²) < 4.78 is 0.800. The second kappa shape index (κ2) is 6.05. The summed E-state index contributed by atoms with van der Waals surface area (Å²) in [5, 5.41) is 13.6. The minimum Gasteiger partial charge on any atom is -0.321 e. The molecule has 0 aromatic heterocycles. The Morgan fingerprint density at radius 3 is 2.62 bits per heavy atom. The number of rotatable bonds is 3. The van der Waals surface area contributed by atoms with Crippen molar-refractivity contribution in [3.63, 3.8) is 0 Å². The van der Waals surface area contributed by atoms with Crippen LogP contribution >= 0.6 is 15.9 Å². The van der Waals surface area contributed by atoms with Gasteiger partial charge in [-0.15, -0.1) is 0 Å². The Bertz CT molecular complexity index is 729. The molecule has 0 radical (unpaired) electrons. The summed E-state index contributed by atoms with van der Waals surface area (Å²) in [5.74, 6) is -0.294. The van der Waals surface area contributed by atoms with Gasteiger partial charge in [0.2, 0.25) is 0 Å². The van der Waals surface area contributed by atoms with Gasteiger partial charge in [-0.3, -0.25) is 14.9 Å². The van der Waals surface area contributed by atoms with E-state index in [4.69, 9.17) is 0 Å². The van der Waals surface area contributed by atoms with Crippen molar-refractivity contribution >= 4 is 33.2 Å². The van der Waals surface area contributed by atoms with E-state index in [1.54, 1.807) is 25.1 Å². The van der Waals surface area contributed by atoms with Crippen molar-refractivity contribution in [2.45, 2.75) is 13.8 Å². The van der Waals surface area contributed by atoms with Crippen LogP contribution in [0, 0.1) is 24.0 Å². The maximum absolute atomic E-state index is 12.3. The molecule has 1 N–H and O–H groups in total. The Hall–Kier alpha value is -2.21. The van der Waals surface area contributed by atoms with Crippen molar-refractivity contribution in [1.29, 1.82) is 0 Å². The summed E-state index contributed by atoms with van der Waals surface area (Å²) in [6, 6.07) is 10.0. The van der Waals surface area contributed by atoms with Crippen LogP contribution in [-0.2, 0) is 0 Å². The number of nitro benzene ring substituents is 1. The highest BCUT2D eigenvalue weighted by molar-refractivity contribution is 9.10. The number of hydrogen-bond acceptors (Lipinski definition) is 3. The zero-order chi connectivity index (χ0) is 15.6. The lowest BCUT2D eigenvalue weighted by atomic mass is 10.1. The molecule has 0 bridgehead atoms. The molecule has 5 nitrogen and oxygen atoms in total. The summed E-state index contributed by atoms with van der Waals surface area (Å²) in [5.41, 5.74) is 2.21. The van der Waals surface area contributed by atoms with Gasteiger partial charge in [0.1, 0.15) is 0 Å². The molecule has 2 aromatic carbocycles. The number of amides is 1. The van der Waals surface area contributed by atoms with Gasteiger partial charge in [0.25, 0.3) is 11.6 Å². The van der Waals surface area contributed by atoms with Gasteiger partial charge < -0.3 is 5.32 Å². The third kappa shape index (κ3) is 3.28. The van der Waals surface area contributed by atoms with E-state index in [0.29, 0.717) is 16.8 Å². The fourth-order valence-corrected chi connectivity index (χ4v) is 2.35. The smallest absolute Gasteiger partial charge is 0.274 e. The van der Waals surface area contributed by atoms with Crippen LogP contribution in [0.25, 0.3) is 0 Å². The van der Waals surface area contributed by atoms with Crippen molar-refractivity contribution in [3.8, 4) is 0 Å². The van der Waals surface area contributed by atoms with Crippen LogP contribution < -0.4 is 5.32 Å². The number of aryl methyl sites for hydroxylation is 1. The van der Waals surface area contributed by atoms with E-state index in [-0.39, 0.29) is 11.6 Å². The molecule has 6 heteroatoms. The second-order valence-electron chi connectivity index (χ2n) is 4.62. The average Bonchev–Trinajstić information content (AvgIpc) is 2.43. The molecule has 0 heterocycles. The lowest BCUT2D eigenvalue weighted by molar-refractivity contribution is -0.385. The van der Waals surface area contributed by atoms with Crippen LogP contribution in [-0.4, -0.2) is 10.8 Å². The molecule has 0 atom stereocenters. The number of nitrogens with one attached hydrogen (secondary N) is 1. The largest absolute Gasteiger partial charge is 0.321 e. The van der Waals surface area contributed by atoms with Crippen molar-refractivity contribution in [2.75, 3.05) is 5.32 Å². The Kier molecular flexibility index (Phi) is 4.37. The second-order valence-corrected chi connectivity index (χ2v) is 5.54. The van der Waals surface area contributed by atoms with Gasteiger partial charge in [0.15, 0.2) is 0 Å². The van der Waals surface area contributed by atoms with E-state index in [2.05, 4.69) is 21.2 Å². The number of benzene rings is 2. The van der Waals surface area contributed by atoms with E-state index < -0.39 is 4.92 Å². The molecule has 108 valence electrons. The molecular formula is C15H13BrN2O3. The predicted octanol–water partition coefficient (Wildman–Crippen LogP) is 4.23. The Morgan fingerprint density at radius 2 is 1.95 bits per heavy atom. The molecule has 0 aliphatic carbocycles. The quantitative estimate of drug-likeness (QED) is 0.666. The average molecular weight is 349 g/mol. The van der Waals surface area contributed by atoms with Crippen molar-refractivity contribution in [3.05, 3.63) is 67.7 Å². The molecule has 21 heavy (non-hydrogen) atoms. The molecule has 0 aliphatic heterocycles. The van der Waals surface area contributed by atoms with Crippen molar-refractivity contribution < 1.29 is 9.72 Å². The van der Waals surface area contributed by atoms with Gasteiger partial charge in [0.05, 0.1) is 16.2 Å². The monoisotopic (exact) mass is 348 g/mol. The van der Waals surface area contributed by atoms with E-state index in [9.17, 15) is 14.9 Å². The highest BCUT2D eigenvalue weighted by Gasteiger charge is 2.16. The molecule has 1 amide bonds. The number of hydrogen-bond donors (Lipinski definition) is 1. The molecule has 0 fully saturated rings. The normalized spacial score (nSPS) is 10.2. The number of carbonyl (C=O) groups is 1. The zero-order valence-corrected chi connectivity index (χ0v) is 13.1. The molecule has 2 aromatic rings. The predicted molar refractivity (Wildman–Crippen MR) is 84.7 cm³/mol. The third-order valence-corrected chi connectivity index (χ3v) is 3.69. The fourth-order valence-electron chi connectivity index (χ4n) is 1.99. The third-order valence-electron chi connectivity index (χ3n) is 3.19. The van der Waals surface area contributed by atoms with E-state index in [1.807, 2.05) is 19.1 Å². The van der Waals surface area contributed by atoms with Gasteiger partial charge in [0, 0.05) is 16.1 Å². The molecule has 0 unspecified atom stereocenters. The summed E-state index contributed by atoms with van der Waals surface area (Å²) in [6.07, 6.45) is 0. The standard InChI is InChI=1S/C15H13BrN2O3/c1-9-6-7-11(16)8-12(9)15(19)17-13-4-3-5-14(10(13)2)18(20)21/h3-8H,1-2H3,(H,17,19). The molecular weight excluding hydrogens is 336 g/mol. The van der Waals surface area contributed by atoms with Crippen LogP contribution in [0.5, 0.6) is 0 Å². The Morgan fingerprint density at radius 1 is 1.24 bits per heavy atom. The maximum Gasteiger partial charge on any atom is 0.274 e. The Balaban J connectivity index is 2.34. The van der Waals surface area contributed by atoms with Gasteiger partial charge in [-0.25, -0.2) is 0 Å². The van der Waals surface area contributed by atoms with E-state index in [1.165, 1.54) is 6.07 Å². The Labute approximate surface area is 130 Å². The van der Waals surface area contributed by atoms with Gasteiger partial charge in [-0.05, 0) is 37.6 Å². The molecule has 0 aliphatic rings. The molecule has 2 rings (SSSR count). The van der Waals surface area contributed by atoms with Gasteiger partial charge in [-0.1, -0.05) is 28.1 Å². The topological polar surface area (TPSA) is 72.2 Å². The molecule has 0 saturated heterocycles. The highest BCUT2D eigenvalue weighted by Crippen LogP contribution is 2.26. The number of halogens is 1.